The molecule has 0 aliphatic carbocycles. The molecular weight excluding hydrogens is 244 g/mol. The lowest BCUT2D eigenvalue weighted by molar-refractivity contribution is 0.591. The van der Waals surface area contributed by atoms with Gasteiger partial charge in [0.1, 0.15) is 10.3 Å². The van der Waals surface area contributed by atoms with Gasteiger partial charge in [-0.25, -0.2) is 13.4 Å². The van der Waals surface area contributed by atoms with Gasteiger partial charge in [0.25, 0.3) is 0 Å². The molecule has 92 valence electrons. The van der Waals surface area contributed by atoms with Crippen molar-refractivity contribution in [1.29, 1.82) is 0 Å². The van der Waals surface area contributed by atoms with Crippen molar-refractivity contribution in [3.8, 4) is 0 Å². The molecule has 1 aromatic rings. The fourth-order valence-electron chi connectivity index (χ4n) is 1.17. The van der Waals surface area contributed by atoms with E-state index in [0.717, 1.165) is 18.7 Å². The molecule has 6 heteroatoms. The maximum absolute atomic E-state index is 11.4. The van der Waals surface area contributed by atoms with Crippen LogP contribution in [0.4, 0.5) is 0 Å². The van der Waals surface area contributed by atoms with E-state index in [-0.39, 0.29) is 0 Å². The average molecular weight is 262 g/mol. The minimum Gasteiger partial charge on any atom is -0.311 e. The summed E-state index contributed by atoms with van der Waals surface area (Å²) in [7, 11) is -3.04. The third-order valence-corrected chi connectivity index (χ3v) is 5.03. The van der Waals surface area contributed by atoms with Gasteiger partial charge in [0.2, 0.25) is 0 Å². The second kappa shape index (κ2) is 5.75. The summed E-state index contributed by atoms with van der Waals surface area (Å²) >= 11 is 1.41. The van der Waals surface area contributed by atoms with E-state index in [1.807, 2.05) is 5.38 Å². The monoisotopic (exact) mass is 262 g/mol. The van der Waals surface area contributed by atoms with Gasteiger partial charge in [-0.2, -0.15) is 0 Å². The van der Waals surface area contributed by atoms with E-state index < -0.39 is 15.1 Å². The second-order valence-electron chi connectivity index (χ2n) is 3.83. The molecule has 16 heavy (non-hydrogen) atoms. The fourth-order valence-corrected chi connectivity index (χ4v) is 3.03. The van der Waals surface area contributed by atoms with Crippen LogP contribution in [0.5, 0.6) is 0 Å². The summed E-state index contributed by atoms with van der Waals surface area (Å²) in [6.07, 6.45) is 2.32. The fraction of sp³-hybridized carbons (Fsp3) is 0.700. The first kappa shape index (κ1) is 13.6. The van der Waals surface area contributed by atoms with Crippen LogP contribution in [0, 0.1) is 0 Å². The van der Waals surface area contributed by atoms with Crippen LogP contribution in [0.15, 0.2) is 5.38 Å². The van der Waals surface area contributed by atoms with E-state index in [1.165, 1.54) is 17.6 Å². The smallest absolute Gasteiger partial charge is 0.156 e. The van der Waals surface area contributed by atoms with E-state index in [9.17, 15) is 8.42 Å². The van der Waals surface area contributed by atoms with Crippen LogP contribution in [0.3, 0.4) is 0 Å². The van der Waals surface area contributed by atoms with Gasteiger partial charge >= 0.3 is 0 Å². The highest BCUT2D eigenvalue weighted by atomic mass is 32.2. The topological polar surface area (TPSA) is 59.1 Å². The highest BCUT2D eigenvalue weighted by Crippen LogP contribution is 2.24. The molecule has 0 amide bonds. The van der Waals surface area contributed by atoms with E-state index in [4.69, 9.17) is 0 Å². The lowest BCUT2D eigenvalue weighted by Gasteiger charge is -2.04. The number of hydrogen-bond donors (Lipinski definition) is 1. The van der Waals surface area contributed by atoms with Gasteiger partial charge in [-0.3, -0.25) is 0 Å². The maximum atomic E-state index is 11.4. The Labute approximate surface area is 101 Å². The average Bonchev–Trinajstić information content (AvgIpc) is 2.64. The van der Waals surface area contributed by atoms with Crippen LogP contribution in [0.25, 0.3) is 0 Å². The predicted molar refractivity (Wildman–Crippen MR) is 67.4 cm³/mol. The molecule has 0 saturated carbocycles. The Morgan fingerprint density at radius 2 is 2.25 bits per heavy atom. The minimum atomic E-state index is -3.04. The third-order valence-electron chi connectivity index (χ3n) is 2.29. The van der Waals surface area contributed by atoms with Crippen LogP contribution in [0.2, 0.25) is 0 Å². The Morgan fingerprint density at radius 3 is 2.81 bits per heavy atom. The van der Waals surface area contributed by atoms with Crippen molar-refractivity contribution in [1.82, 2.24) is 10.3 Å². The van der Waals surface area contributed by atoms with Crippen molar-refractivity contribution in [3.63, 3.8) is 0 Å². The summed E-state index contributed by atoms with van der Waals surface area (Å²) in [6, 6.07) is 0. The first-order valence-corrected chi connectivity index (χ1v) is 8.12. The quantitative estimate of drug-likeness (QED) is 0.793. The Morgan fingerprint density at radius 1 is 1.56 bits per heavy atom. The molecule has 1 atom stereocenters. The number of nitrogens with one attached hydrogen (secondary N) is 1. The largest absolute Gasteiger partial charge is 0.311 e. The molecule has 0 radical (unpaired) electrons. The number of aromatic nitrogens is 1. The second-order valence-corrected chi connectivity index (χ2v) is 7.08. The van der Waals surface area contributed by atoms with Crippen molar-refractivity contribution >= 4 is 21.2 Å². The van der Waals surface area contributed by atoms with Crippen molar-refractivity contribution in [2.45, 2.75) is 32.1 Å². The number of sulfone groups is 1. The third kappa shape index (κ3) is 3.84. The van der Waals surface area contributed by atoms with Crippen LogP contribution >= 0.6 is 11.3 Å². The molecule has 0 bridgehead atoms. The van der Waals surface area contributed by atoms with E-state index in [2.05, 4.69) is 17.2 Å². The first-order chi connectivity index (χ1) is 7.45. The summed E-state index contributed by atoms with van der Waals surface area (Å²) in [5.74, 6) is 0. The molecule has 0 saturated heterocycles. The SMILES string of the molecule is CCCNCc1csc(C(C)S(C)(=O)=O)n1. The Balaban J connectivity index is 2.64. The highest BCUT2D eigenvalue weighted by molar-refractivity contribution is 7.91. The highest BCUT2D eigenvalue weighted by Gasteiger charge is 2.20. The minimum absolute atomic E-state index is 0.502. The Kier molecular flexibility index (Phi) is 4.89. The van der Waals surface area contributed by atoms with Crippen molar-refractivity contribution in [2.75, 3.05) is 12.8 Å². The number of thiazole rings is 1. The standard InChI is InChI=1S/C10H18N2O2S2/c1-4-5-11-6-9-7-15-10(12-9)8(2)16(3,13)14/h7-8,11H,4-6H2,1-3H3. The number of nitrogens with zero attached hydrogens (tertiary/aromatic N) is 1. The molecule has 1 N–H and O–H groups in total. The molecule has 0 aliphatic heterocycles. The van der Waals surface area contributed by atoms with Gasteiger partial charge in [0, 0.05) is 18.2 Å². The molecule has 1 rings (SSSR count). The van der Waals surface area contributed by atoms with Crippen molar-refractivity contribution in [2.24, 2.45) is 0 Å². The lowest BCUT2D eigenvalue weighted by atomic mass is 10.4. The molecule has 0 aliphatic rings. The van der Waals surface area contributed by atoms with Gasteiger partial charge in [-0.05, 0) is 19.9 Å². The molecular formula is C10H18N2O2S2. The Hall–Kier alpha value is -0.460. The zero-order valence-corrected chi connectivity index (χ0v) is 11.5. The van der Waals surface area contributed by atoms with Crippen molar-refractivity contribution in [3.05, 3.63) is 16.1 Å². The van der Waals surface area contributed by atoms with Crippen molar-refractivity contribution < 1.29 is 8.42 Å². The maximum Gasteiger partial charge on any atom is 0.156 e. The van der Waals surface area contributed by atoms with Crippen LogP contribution < -0.4 is 5.32 Å². The molecule has 0 spiro atoms. The van der Waals surface area contributed by atoms with Gasteiger partial charge in [-0.1, -0.05) is 6.92 Å². The molecule has 1 unspecified atom stereocenters. The van der Waals surface area contributed by atoms with Gasteiger partial charge in [0.15, 0.2) is 9.84 Å². The molecule has 4 nitrogen and oxygen atoms in total. The predicted octanol–water partition coefficient (Wildman–Crippen LogP) is 1.75. The summed E-state index contributed by atoms with van der Waals surface area (Å²) in [4.78, 5) is 4.33. The molecule has 0 aromatic carbocycles. The van der Waals surface area contributed by atoms with Crippen LogP contribution in [-0.2, 0) is 16.4 Å². The van der Waals surface area contributed by atoms with Gasteiger partial charge in [0.05, 0.1) is 5.69 Å². The number of rotatable bonds is 6. The first-order valence-electron chi connectivity index (χ1n) is 5.29. The zero-order chi connectivity index (χ0) is 12.2. The number of hydrogen-bond acceptors (Lipinski definition) is 5. The molecule has 1 heterocycles. The summed E-state index contributed by atoms with van der Waals surface area (Å²) < 4.78 is 22.7. The van der Waals surface area contributed by atoms with E-state index in [0.29, 0.717) is 11.6 Å². The van der Waals surface area contributed by atoms with E-state index >= 15 is 0 Å². The molecule has 0 fully saturated rings. The lowest BCUT2D eigenvalue weighted by Crippen LogP contribution is -2.14. The Bertz CT molecular complexity index is 426. The zero-order valence-electron chi connectivity index (χ0n) is 9.86. The van der Waals surface area contributed by atoms with Gasteiger partial charge < -0.3 is 5.32 Å². The summed E-state index contributed by atoms with van der Waals surface area (Å²) in [5, 5.41) is 5.33. The molecule has 1 aromatic heterocycles. The van der Waals surface area contributed by atoms with Crippen LogP contribution in [0.1, 0.15) is 36.2 Å². The van der Waals surface area contributed by atoms with E-state index in [1.54, 1.807) is 6.92 Å². The summed E-state index contributed by atoms with van der Waals surface area (Å²) in [5.41, 5.74) is 0.920. The van der Waals surface area contributed by atoms with Crippen LogP contribution in [-0.4, -0.2) is 26.2 Å². The summed E-state index contributed by atoms with van der Waals surface area (Å²) in [6.45, 7) is 5.44. The van der Waals surface area contributed by atoms with Gasteiger partial charge in [-0.15, -0.1) is 11.3 Å². The normalized spacial score (nSPS) is 13.9.